The first kappa shape index (κ1) is 15.0. The van der Waals surface area contributed by atoms with Crippen LogP contribution in [-0.4, -0.2) is 18.3 Å². The van der Waals surface area contributed by atoms with Gasteiger partial charge < -0.3 is 5.32 Å². The molecule has 1 aromatic rings. The Morgan fingerprint density at radius 2 is 2.11 bits per heavy atom. The quantitative estimate of drug-likeness (QED) is 0.618. The number of nitrogens with one attached hydrogen (secondary N) is 1. The van der Waals surface area contributed by atoms with E-state index in [0.717, 1.165) is 29.5 Å². The van der Waals surface area contributed by atoms with Crippen LogP contribution in [0, 0.1) is 19.8 Å². The molecular formula is C15H22ClNO. The van der Waals surface area contributed by atoms with E-state index in [1.54, 1.807) is 0 Å². The molecule has 0 aromatic heterocycles. The lowest BCUT2D eigenvalue weighted by Gasteiger charge is -2.10. The summed E-state index contributed by atoms with van der Waals surface area (Å²) in [4.78, 5) is 12.0. The van der Waals surface area contributed by atoms with Crippen molar-refractivity contribution in [2.24, 2.45) is 5.92 Å². The van der Waals surface area contributed by atoms with Crippen molar-refractivity contribution in [3.05, 3.63) is 34.9 Å². The van der Waals surface area contributed by atoms with Crippen LogP contribution in [0.25, 0.3) is 0 Å². The highest BCUT2D eigenvalue weighted by molar-refractivity contribution is 6.18. The van der Waals surface area contributed by atoms with E-state index < -0.39 is 0 Å². The van der Waals surface area contributed by atoms with Crippen molar-refractivity contribution in [2.45, 2.75) is 33.6 Å². The standard InChI is InChI=1S/C15H22ClNO/c1-11-6-7-13(3)14(9-11)15(18)17-8-4-5-12(2)10-16/h6-7,9,12H,4-5,8,10H2,1-3H3,(H,17,18). The van der Waals surface area contributed by atoms with Crippen LogP contribution >= 0.6 is 11.6 Å². The topological polar surface area (TPSA) is 29.1 Å². The Balaban J connectivity index is 2.43. The number of hydrogen-bond donors (Lipinski definition) is 1. The van der Waals surface area contributed by atoms with E-state index in [0.29, 0.717) is 18.3 Å². The maximum Gasteiger partial charge on any atom is 0.251 e. The number of benzene rings is 1. The molecular weight excluding hydrogens is 246 g/mol. The number of halogens is 1. The lowest BCUT2D eigenvalue weighted by atomic mass is 10.0. The third kappa shape index (κ3) is 4.69. The molecule has 1 unspecified atom stereocenters. The van der Waals surface area contributed by atoms with Gasteiger partial charge in [-0.15, -0.1) is 11.6 Å². The second-order valence-corrected chi connectivity index (χ2v) is 5.28. The smallest absolute Gasteiger partial charge is 0.251 e. The van der Waals surface area contributed by atoms with Crippen molar-refractivity contribution in [3.63, 3.8) is 0 Å². The Morgan fingerprint density at radius 1 is 1.39 bits per heavy atom. The minimum absolute atomic E-state index is 0.0229. The molecule has 3 heteroatoms. The molecule has 1 N–H and O–H groups in total. The fourth-order valence-corrected chi connectivity index (χ4v) is 1.96. The van der Waals surface area contributed by atoms with E-state index in [1.165, 1.54) is 0 Å². The normalized spacial score (nSPS) is 12.2. The molecule has 0 saturated heterocycles. The number of aryl methyl sites for hydroxylation is 2. The second kappa shape index (κ2) is 7.42. The molecule has 0 spiro atoms. The molecule has 0 radical (unpaired) electrons. The second-order valence-electron chi connectivity index (χ2n) is 4.98. The summed E-state index contributed by atoms with van der Waals surface area (Å²) in [6.07, 6.45) is 2.03. The van der Waals surface area contributed by atoms with Crippen LogP contribution < -0.4 is 5.32 Å². The van der Waals surface area contributed by atoms with Gasteiger partial charge >= 0.3 is 0 Å². The number of amides is 1. The first-order chi connectivity index (χ1) is 8.54. The van der Waals surface area contributed by atoms with Gasteiger partial charge in [-0.1, -0.05) is 24.6 Å². The zero-order valence-electron chi connectivity index (χ0n) is 11.4. The zero-order valence-corrected chi connectivity index (χ0v) is 12.2. The lowest BCUT2D eigenvalue weighted by Crippen LogP contribution is -2.25. The maximum atomic E-state index is 12.0. The third-order valence-electron chi connectivity index (χ3n) is 3.06. The Labute approximate surface area is 115 Å². The van der Waals surface area contributed by atoms with Gasteiger partial charge in [0.1, 0.15) is 0 Å². The number of rotatable bonds is 6. The highest BCUT2D eigenvalue weighted by Crippen LogP contribution is 2.11. The summed E-state index contributed by atoms with van der Waals surface area (Å²) < 4.78 is 0. The monoisotopic (exact) mass is 267 g/mol. The van der Waals surface area contributed by atoms with Crippen molar-refractivity contribution in [2.75, 3.05) is 12.4 Å². The van der Waals surface area contributed by atoms with Gasteiger partial charge in [-0.2, -0.15) is 0 Å². The molecule has 0 aliphatic heterocycles. The predicted octanol–water partition coefficient (Wildman–Crippen LogP) is 3.69. The van der Waals surface area contributed by atoms with Crippen LogP contribution in [0.5, 0.6) is 0 Å². The summed E-state index contributed by atoms with van der Waals surface area (Å²) in [6, 6.07) is 5.94. The van der Waals surface area contributed by atoms with Crippen molar-refractivity contribution in [3.8, 4) is 0 Å². The molecule has 18 heavy (non-hydrogen) atoms. The molecule has 0 bridgehead atoms. The number of alkyl halides is 1. The summed E-state index contributed by atoms with van der Waals surface area (Å²) in [7, 11) is 0. The highest BCUT2D eigenvalue weighted by Gasteiger charge is 2.08. The molecule has 2 nitrogen and oxygen atoms in total. The van der Waals surface area contributed by atoms with Crippen molar-refractivity contribution in [1.29, 1.82) is 0 Å². The van der Waals surface area contributed by atoms with Crippen LogP contribution in [-0.2, 0) is 0 Å². The summed E-state index contributed by atoms with van der Waals surface area (Å²) in [6.45, 7) is 6.80. The van der Waals surface area contributed by atoms with E-state index in [1.807, 2.05) is 32.0 Å². The first-order valence-electron chi connectivity index (χ1n) is 6.46. The number of carbonyl (C=O) groups is 1. The molecule has 1 rings (SSSR count). The van der Waals surface area contributed by atoms with Gasteiger partial charge in [-0.3, -0.25) is 4.79 Å². The van der Waals surface area contributed by atoms with Gasteiger partial charge in [0.25, 0.3) is 5.91 Å². The van der Waals surface area contributed by atoms with Crippen LogP contribution in [0.1, 0.15) is 41.3 Å². The van der Waals surface area contributed by atoms with Gasteiger partial charge in [0.05, 0.1) is 0 Å². The van der Waals surface area contributed by atoms with Crippen molar-refractivity contribution >= 4 is 17.5 Å². The molecule has 0 aliphatic carbocycles. The van der Waals surface area contributed by atoms with Gasteiger partial charge in [-0.25, -0.2) is 0 Å². The van der Waals surface area contributed by atoms with Gasteiger partial charge in [0.15, 0.2) is 0 Å². The number of hydrogen-bond acceptors (Lipinski definition) is 1. The van der Waals surface area contributed by atoms with Crippen LogP contribution in [0.4, 0.5) is 0 Å². The van der Waals surface area contributed by atoms with Crippen molar-refractivity contribution < 1.29 is 4.79 Å². The molecule has 1 aromatic carbocycles. The van der Waals surface area contributed by atoms with Gasteiger partial charge in [0.2, 0.25) is 0 Å². The minimum atomic E-state index is 0.0229. The predicted molar refractivity (Wildman–Crippen MR) is 77.4 cm³/mol. The van der Waals surface area contributed by atoms with Crippen LogP contribution in [0.3, 0.4) is 0 Å². The molecule has 1 atom stereocenters. The average molecular weight is 268 g/mol. The fourth-order valence-electron chi connectivity index (χ4n) is 1.81. The van der Waals surface area contributed by atoms with E-state index >= 15 is 0 Å². The molecule has 1 amide bonds. The Morgan fingerprint density at radius 3 is 2.78 bits per heavy atom. The fraction of sp³-hybridized carbons (Fsp3) is 0.533. The zero-order chi connectivity index (χ0) is 13.5. The largest absolute Gasteiger partial charge is 0.352 e. The summed E-state index contributed by atoms with van der Waals surface area (Å²) >= 11 is 5.74. The van der Waals surface area contributed by atoms with Crippen LogP contribution in [0.15, 0.2) is 18.2 Å². The van der Waals surface area contributed by atoms with E-state index in [-0.39, 0.29) is 5.91 Å². The van der Waals surface area contributed by atoms with Gasteiger partial charge in [0, 0.05) is 18.0 Å². The lowest BCUT2D eigenvalue weighted by molar-refractivity contribution is 0.0952. The Kier molecular flexibility index (Phi) is 6.20. The number of carbonyl (C=O) groups excluding carboxylic acids is 1. The van der Waals surface area contributed by atoms with E-state index in [9.17, 15) is 4.79 Å². The first-order valence-corrected chi connectivity index (χ1v) is 6.99. The Hall–Kier alpha value is -1.02. The molecule has 0 heterocycles. The molecule has 0 fully saturated rings. The summed E-state index contributed by atoms with van der Waals surface area (Å²) in [5, 5.41) is 2.96. The van der Waals surface area contributed by atoms with Gasteiger partial charge in [-0.05, 0) is 44.2 Å². The molecule has 0 saturated carbocycles. The average Bonchev–Trinajstić information content (AvgIpc) is 2.36. The molecule has 100 valence electrons. The minimum Gasteiger partial charge on any atom is -0.352 e. The summed E-state index contributed by atoms with van der Waals surface area (Å²) in [5.41, 5.74) is 2.91. The third-order valence-corrected chi connectivity index (χ3v) is 3.59. The molecule has 0 aliphatic rings. The highest BCUT2D eigenvalue weighted by atomic mass is 35.5. The summed E-state index contributed by atoms with van der Waals surface area (Å²) in [5.74, 6) is 1.23. The van der Waals surface area contributed by atoms with E-state index in [2.05, 4.69) is 12.2 Å². The maximum absolute atomic E-state index is 12.0. The Bertz CT molecular complexity index is 403. The van der Waals surface area contributed by atoms with E-state index in [4.69, 9.17) is 11.6 Å². The van der Waals surface area contributed by atoms with Crippen molar-refractivity contribution in [1.82, 2.24) is 5.32 Å². The SMILES string of the molecule is Cc1ccc(C)c(C(=O)NCCCC(C)CCl)c1. The van der Waals surface area contributed by atoms with Crippen LogP contribution in [0.2, 0.25) is 0 Å².